The van der Waals surface area contributed by atoms with E-state index in [1.807, 2.05) is 36.4 Å². The highest BCUT2D eigenvalue weighted by atomic mass is 32.2. The molecule has 2 aliphatic heterocycles. The lowest BCUT2D eigenvalue weighted by Crippen LogP contribution is -2.49. The van der Waals surface area contributed by atoms with Crippen LogP contribution in [0.5, 0.6) is 0 Å². The van der Waals surface area contributed by atoms with Crippen molar-refractivity contribution in [3.8, 4) is 0 Å². The zero-order valence-electron chi connectivity index (χ0n) is 18.5. The Morgan fingerprint density at radius 2 is 1.91 bits per heavy atom. The second-order valence-electron chi connectivity index (χ2n) is 8.74. The van der Waals surface area contributed by atoms with Crippen LogP contribution < -0.4 is 11.1 Å². The van der Waals surface area contributed by atoms with Gasteiger partial charge in [0.2, 0.25) is 15.9 Å². The summed E-state index contributed by atoms with van der Waals surface area (Å²) in [6, 6.07) is 14.1. The lowest BCUT2D eigenvalue weighted by molar-refractivity contribution is -0.117. The molecule has 1 amide bonds. The molecule has 178 valence electrons. The lowest BCUT2D eigenvalue weighted by atomic mass is 9.82. The Hall–Kier alpha value is -2.33. The minimum atomic E-state index is -3.61. The van der Waals surface area contributed by atoms with Gasteiger partial charge in [0.05, 0.1) is 6.54 Å². The highest BCUT2D eigenvalue weighted by Crippen LogP contribution is 2.36. The summed E-state index contributed by atoms with van der Waals surface area (Å²) in [5.74, 6) is -0.947. The maximum Gasteiger partial charge on any atom is 0.231 e. The van der Waals surface area contributed by atoms with E-state index < -0.39 is 32.5 Å². The third-order valence-corrected chi connectivity index (χ3v) is 8.92. The number of ether oxygens (including phenoxy) is 1. The standard InChI is InChI=1S/C24H30FN3O4S/c25-21-15-20(24(27-16-23(26)29)10-13-32-14-11-24)9-8-19(21)17-28-12-4-7-22(33(28,30)31)18-5-2-1-3-6-18/h1-3,5-6,8-9,15,22,27H,4,7,10-14,16-17H2,(H2,26,29)/t22-/m1/s1. The average molecular weight is 476 g/mol. The first-order valence-electron chi connectivity index (χ1n) is 11.3. The van der Waals surface area contributed by atoms with Gasteiger partial charge >= 0.3 is 0 Å². The number of nitrogens with two attached hydrogens (primary N) is 1. The van der Waals surface area contributed by atoms with E-state index in [2.05, 4.69) is 5.32 Å². The topological polar surface area (TPSA) is 102 Å². The maximum absolute atomic E-state index is 15.2. The van der Waals surface area contributed by atoms with E-state index in [1.54, 1.807) is 6.07 Å². The molecular formula is C24H30FN3O4S. The molecule has 3 N–H and O–H groups in total. The number of hydrogen-bond donors (Lipinski definition) is 2. The minimum absolute atomic E-state index is 0.0113. The summed E-state index contributed by atoms with van der Waals surface area (Å²) in [5.41, 5.74) is 6.50. The van der Waals surface area contributed by atoms with Gasteiger partial charge in [0.1, 0.15) is 11.1 Å². The van der Waals surface area contributed by atoms with Crippen molar-refractivity contribution in [2.24, 2.45) is 5.73 Å². The van der Waals surface area contributed by atoms with Crippen molar-refractivity contribution in [2.45, 2.75) is 43.0 Å². The quantitative estimate of drug-likeness (QED) is 0.641. The molecule has 2 heterocycles. The molecule has 0 aromatic heterocycles. The van der Waals surface area contributed by atoms with Gasteiger partial charge in [-0.25, -0.2) is 12.8 Å². The molecule has 0 spiro atoms. The van der Waals surface area contributed by atoms with Crippen LogP contribution in [0.1, 0.15) is 47.6 Å². The molecule has 0 unspecified atom stereocenters. The Labute approximate surface area is 194 Å². The first-order chi connectivity index (χ1) is 15.8. The highest BCUT2D eigenvalue weighted by molar-refractivity contribution is 7.89. The number of nitrogens with one attached hydrogen (secondary N) is 1. The van der Waals surface area contributed by atoms with Gasteiger partial charge in [0.15, 0.2) is 0 Å². The molecule has 2 fully saturated rings. The summed E-state index contributed by atoms with van der Waals surface area (Å²) in [5, 5.41) is 2.58. The van der Waals surface area contributed by atoms with Crippen molar-refractivity contribution < 1.29 is 22.3 Å². The van der Waals surface area contributed by atoms with E-state index in [1.165, 1.54) is 10.4 Å². The second-order valence-corrected chi connectivity index (χ2v) is 10.9. The van der Waals surface area contributed by atoms with Gasteiger partial charge in [0.25, 0.3) is 0 Å². The maximum atomic E-state index is 15.2. The molecule has 0 radical (unpaired) electrons. The van der Waals surface area contributed by atoms with Crippen LogP contribution >= 0.6 is 0 Å². The normalized spacial score (nSPS) is 22.6. The van der Waals surface area contributed by atoms with Gasteiger partial charge < -0.3 is 10.5 Å². The molecule has 2 saturated heterocycles. The number of rotatable bonds is 7. The molecule has 7 nitrogen and oxygen atoms in total. The summed E-state index contributed by atoms with van der Waals surface area (Å²) in [6.07, 6.45) is 2.44. The Kier molecular flexibility index (Phi) is 7.13. The van der Waals surface area contributed by atoms with Crippen LogP contribution in [0.15, 0.2) is 48.5 Å². The number of nitrogens with zero attached hydrogens (tertiary/aromatic N) is 1. The molecule has 2 aliphatic rings. The summed E-state index contributed by atoms with van der Waals surface area (Å²) in [7, 11) is -3.61. The predicted octanol–water partition coefficient (Wildman–Crippen LogP) is 2.57. The molecule has 2 aromatic rings. The molecule has 4 rings (SSSR count). The number of hydrogen-bond acceptors (Lipinski definition) is 5. The van der Waals surface area contributed by atoms with Crippen molar-refractivity contribution in [3.05, 3.63) is 71.0 Å². The largest absolute Gasteiger partial charge is 0.381 e. The number of benzene rings is 2. The minimum Gasteiger partial charge on any atom is -0.381 e. The van der Waals surface area contributed by atoms with Crippen molar-refractivity contribution >= 4 is 15.9 Å². The zero-order chi connectivity index (χ0) is 23.5. The van der Waals surface area contributed by atoms with Crippen LogP contribution in [-0.4, -0.2) is 44.9 Å². The second kappa shape index (κ2) is 9.89. The van der Waals surface area contributed by atoms with E-state index >= 15 is 4.39 Å². The SMILES string of the molecule is NC(=O)CNC1(c2ccc(CN3CCC[C@H](c4ccccc4)S3(=O)=O)c(F)c2)CCOCC1. The predicted molar refractivity (Wildman–Crippen MR) is 123 cm³/mol. The van der Waals surface area contributed by atoms with Gasteiger partial charge in [0, 0.05) is 37.4 Å². The molecule has 1 atom stereocenters. The van der Waals surface area contributed by atoms with Gasteiger partial charge in [-0.15, -0.1) is 0 Å². The number of primary amides is 1. The van der Waals surface area contributed by atoms with Crippen molar-refractivity contribution in [2.75, 3.05) is 26.3 Å². The zero-order valence-corrected chi connectivity index (χ0v) is 19.3. The number of amides is 1. The van der Waals surface area contributed by atoms with Crippen molar-refractivity contribution in [1.82, 2.24) is 9.62 Å². The van der Waals surface area contributed by atoms with Crippen molar-refractivity contribution in [1.29, 1.82) is 0 Å². The molecular weight excluding hydrogens is 445 g/mol. The van der Waals surface area contributed by atoms with E-state index in [0.29, 0.717) is 50.1 Å². The Morgan fingerprint density at radius 1 is 1.18 bits per heavy atom. The first kappa shape index (κ1) is 23.8. The van der Waals surface area contributed by atoms with Gasteiger partial charge in [-0.2, -0.15) is 4.31 Å². The van der Waals surface area contributed by atoms with Crippen LogP contribution in [0.3, 0.4) is 0 Å². The van der Waals surface area contributed by atoms with E-state index in [4.69, 9.17) is 10.5 Å². The molecule has 2 aromatic carbocycles. The van der Waals surface area contributed by atoms with E-state index in [0.717, 1.165) is 12.0 Å². The van der Waals surface area contributed by atoms with E-state index in [-0.39, 0.29) is 13.1 Å². The van der Waals surface area contributed by atoms with Crippen LogP contribution in [-0.2, 0) is 31.6 Å². The highest BCUT2D eigenvalue weighted by Gasteiger charge is 2.38. The Bertz CT molecular complexity index is 1090. The Morgan fingerprint density at radius 3 is 2.58 bits per heavy atom. The van der Waals surface area contributed by atoms with Gasteiger partial charge in [-0.3, -0.25) is 10.1 Å². The van der Waals surface area contributed by atoms with Gasteiger partial charge in [-0.05, 0) is 42.9 Å². The van der Waals surface area contributed by atoms with Crippen molar-refractivity contribution in [3.63, 3.8) is 0 Å². The monoisotopic (exact) mass is 475 g/mol. The number of carbonyl (C=O) groups excluding carboxylic acids is 1. The van der Waals surface area contributed by atoms with E-state index in [9.17, 15) is 13.2 Å². The smallest absolute Gasteiger partial charge is 0.231 e. The fourth-order valence-electron chi connectivity index (χ4n) is 4.79. The first-order valence-corrected chi connectivity index (χ1v) is 12.8. The third kappa shape index (κ3) is 5.11. The van der Waals surface area contributed by atoms with Crippen LogP contribution in [0.2, 0.25) is 0 Å². The molecule has 9 heteroatoms. The molecule has 0 aliphatic carbocycles. The fourth-order valence-corrected chi connectivity index (χ4v) is 6.82. The summed E-state index contributed by atoms with van der Waals surface area (Å²) in [6.45, 7) is 1.32. The summed E-state index contributed by atoms with van der Waals surface area (Å²) in [4.78, 5) is 11.3. The third-order valence-electron chi connectivity index (χ3n) is 6.66. The van der Waals surface area contributed by atoms with Crippen LogP contribution in [0, 0.1) is 5.82 Å². The summed E-state index contributed by atoms with van der Waals surface area (Å²) < 4.78 is 48.6. The van der Waals surface area contributed by atoms with Crippen LogP contribution in [0.4, 0.5) is 4.39 Å². The number of halogens is 1. The number of carbonyl (C=O) groups is 1. The average Bonchev–Trinajstić information content (AvgIpc) is 2.81. The molecule has 33 heavy (non-hydrogen) atoms. The van der Waals surface area contributed by atoms with Crippen LogP contribution in [0.25, 0.3) is 0 Å². The fraction of sp³-hybridized carbons (Fsp3) is 0.458. The number of sulfonamides is 1. The molecule has 0 saturated carbocycles. The Balaban J connectivity index is 1.56. The summed E-state index contributed by atoms with van der Waals surface area (Å²) >= 11 is 0. The van der Waals surface area contributed by atoms with Gasteiger partial charge in [-0.1, -0.05) is 42.5 Å². The lowest BCUT2D eigenvalue weighted by Gasteiger charge is -2.39. The molecule has 0 bridgehead atoms.